The average Bonchev–Trinajstić information content (AvgIpc) is 2.36. The lowest BCUT2D eigenvalue weighted by atomic mass is 9.82. The Morgan fingerprint density at radius 3 is 2.55 bits per heavy atom. The van der Waals surface area contributed by atoms with E-state index in [2.05, 4.69) is 6.92 Å². The first-order chi connectivity index (χ1) is 5.08. The summed E-state index contributed by atoms with van der Waals surface area (Å²) in [5.74, 6) is 0.523. The van der Waals surface area contributed by atoms with Crippen molar-refractivity contribution in [1.29, 1.82) is 0 Å². The quantitative estimate of drug-likeness (QED) is 0.568. The van der Waals surface area contributed by atoms with Crippen molar-refractivity contribution in [3.63, 3.8) is 0 Å². The van der Waals surface area contributed by atoms with E-state index in [1.807, 2.05) is 13.8 Å². The van der Waals surface area contributed by atoms with Gasteiger partial charge in [-0.3, -0.25) is 0 Å². The zero-order valence-electron chi connectivity index (χ0n) is 7.46. The van der Waals surface area contributed by atoms with Gasteiger partial charge in [0.05, 0.1) is 6.10 Å². The fraction of sp³-hybridized carbons (Fsp3) is 0.889. The van der Waals surface area contributed by atoms with E-state index in [-0.39, 0.29) is 11.5 Å². The molecule has 0 unspecified atom stereocenters. The molecule has 1 rings (SSSR count). The number of aldehydes is 1. The highest BCUT2D eigenvalue weighted by atomic mass is 16.5. The number of hydrogen-bond acceptors (Lipinski definition) is 2. The Kier molecular flexibility index (Phi) is 2.33. The second-order valence-electron chi connectivity index (χ2n) is 4.00. The zero-order chi connectivity index (χ0) is 8.48. The van der Waals surface area contributed by atoms with Crippen LogP contribution in [0, 0.1) is 11.3 Å². The normalized spacial score (nSPS) is 32.3. The van der Waals surface area contributed by atoms with Gasteiger partial charge in [-0.05, 0) is 12.3 Å². The molecule has 1 aliphatic rings. The molecule has 2 nitrogen and oxygen atoms in total. The summed E-state index contributed by atoms with van der Waals surface area (Å²) >= 11 is 0. The van der Waals surface area contributed by atoms with E-state index in [9.17, 15) is 4.79 Å². The maximum Gasteiger partial charge on any atom is 0.128 e. The number of carbonyl (C=O) groups is 1. The van der Waals surface area contributed by atoms with Crippen LogP contribution in [-0.4, -0.2) is 19.0 Å². The van der Waals surface area contributed by atoms with Gasteiger partial charge in [0, 0.05) is 12.0 Å². The van der Waals surface area contributed by atoms with Gasteiger partial charge in [-0.2, -0.15) is 0 Å². The van der Waals surface area contributed by atoms with Gasteiger partial charge < -0.3 is 9.53 Å². The molecule has 11 heavy (non-hydrogen) atoms. The maximum atomic E-state index is 10.7. The fourth-order valence-corrected chi connectivity index (χ4v) is 1.71. The minimum atomic E-state index is -0.310. The van der Waals surface area contributed by atoms with Gasteiger partial charge in [0.2, 0.25) is 0 Å². The summed E-state index contributed by atoms with van der Waals surface area (Å²) in [7, 11) is 0. The molecular formula is C9H16O2. The van der Waals surface area contributed by atoms with E-state index in [0.29, 0.717) is 5.92 Å². The lowest BCUT2D eigenvalue weighted by molar-refractivity contribution is -0.122. The Bertz CT molecular complexity index is 152. The van der Waals surface area contributed by atoms with Crippen molar-refractivity contribution in [3.8, 4) is 0 Å². The second-order valence-corrected chi connectivity index (χ2v) is 4.00. The number of rotatable bonds is 2. The highest BCUT2D eigenvalue weighted by Crippen LogP contribution is 2.33. The van der Waals surface area contributed by atoms with Crippen LogP contribution >= 0.6 is 0 Å². The van der Waals surface area contributed by atoms with Crippen LogP contribution in [0.4, 0.5) is 0 Å². The zero-order valence-corrected chi connectivity index (χ0v) is 7.46. The SMILES string of the molecule is C[C@@H]1CCO[C@H]1C(C)(C)C=O. The molecule has 0 N–H and O–H groups in total. The van der Waals surface area contributed by atoms with Gasteiger partial charge >= 0.3 is 0 Å². The van der Waals surface area contributed by atoms with Crippen molar-refractivity contribution in [2.45, 2.75) is 33.3 Å². The van der Waals surface area contributed by atoms with Crippen LogP contribution in [0.3, 0.4) is 0 Å². The highest BCUT2D eigenvalue weighted by molar-refractivity contribution is 5.59. The predicted molar refractivity (Wildman–Crippen MR) is 43.4 cm³/mol. The molecule has 0 aromatic carbocycles. The summed E-state index contributed by atoms with van der Waals surface area (Å²) in [6.45, 7) is 6.82. The molecule has 2 atom stereocenters. The van der Waals surface area contributed by atoms with Crippen molar-refractivity contribution in [2.24, 2.45) is 11.3 Å². The molecule has 1 heterocycles. The van der Waals surface area contributed by atoms with E-state index in [1.54, 1.807) is 0 Å². The first-order valence-electron chi connectivity index (χ1n) is 4.16. The third-order valence-electron chi connectivity index (χ3n) is 2.42. The minimum absolute atomic E-state index is 0.125. The average molecular weight is 156 g/mol. The van der Waals surface area contributed by atoms with Crippen LogP contribution in [0.5, 0.6) is 0 Å². The molecule has 0 spiro atoms. The maximum absolute atomic E-state index is 10.7. The third-order valence-corrected chi connectivity index (χ3v) is 2.42. The van der Waals surface area contributed by atoms with Crippen molar-refractivity contribution in [1.82, 2.24) is 0 Å². The van der Waals surface area contributed by atoms with E-state index in [0.717, 1.165) is 19.3 Å². The molecule has 0 aromatic heterocycles. The lowest BCUT2D eigenvalue weighted by Crippen LogP contribution is -2.34. The van der Waals surface area contributed by atoms with Crippen LogP contribution in [0.15, 0.2) is 0 Å². The molecular weight excluding hydrogens is 140 g/mol. The summed E-state index contributed by atoms with van der Waals surface area (Å²) < 4.78 is 5.49. The largest absolute Gasteiger partial charge is 0.377 e. The van der Waals surface area contributed by atoms with Crippen molar-refractivity contribution >= 4 is 6.29 Å². The topological polar surface area (TPSA) is 26.3 Å². The number of hydrogen-bond donors (Lipinski definition) is 0. The number of carbonyl (C=O) groups excluding carboxylic acids is 1. The van der Waals surface area contributed by atoms with Crippen LogP contribution in [0.1, 0.15) is 27.2 Å². The summed E-state index contributed by atoms with van der Waals surface area (Å²) in [5, 5.41) is 0. The molecule has 0 aromatic rings. The van der Waals surface area contributed by atoms with Gasteiger partial charge in [-0.15, -0.1) is 0 Å². The third kappa shape index (κ3) is 1.62. The summed E-state index contributed by atoms with van der Waals surface area (Å²) in [6, 6.07) is 0. The van der Waals surface area contributed by atoms with Crippen molar-refractivity contribution in [3.05, 3.63) is 0 Å². The Balaban J connectivity index is 2.65. The first-order valence-corrected chi connectivity index (χ1v) is 4.16. The Labute approximate surface area is 67.9 Å². The Morgan fingerprint density at radius 1 is 1.55 bits per heavy atom. The highest BCUT2D eigenvalue weighted by Gasteiger charge is 2.37. The standard InChI is InChI=1S/C9H16O2/c1-7-4-5-11-8(7)9(2,3)6-10/h6-8H,4-5H2,1-3H3/t7-,8-/m1/s1. The van der Waals surface area contributed by atoms with Crippen LogP contribution in [-0.2, 0) is 9.53 Å². The van der Waals surface area contributed by atoms with Crippen molar-refractivity contribution in [2.75, 3.05) is 6.61 Å². The van der Waals surface area contributed by atoms with Gasteiger partial charge in [-0.25, -0.2) is 0 Å². The smallest absolute Gasteiger partial charge is 0.128 e. The van der Waals surface area contributed by atoms with Gasteiger partial charge in [0.25, 0.3) is 0 Å². The molecule has 2 heteroatoms. The molecule has 0 bridgehead atoms. The molecule has 0 saturated carbocycles. The molecule has 0 amide bonds. The van der Waals surface area contributed by atoms with E-state index >= 15 is 0 Å². The molecule has 1 saturated heterocycles. The summed E-state index contributed by atoms with van der Waals surface area (Å²) in [5.41, 5.74) is -0.310. The van der Waals surface area contributed by atoms with Gasteiger partial charge in [0.15, 0.2) is 0 Å². The second kappa shape index (κ2) is 2.94. The molecule has 1 aliphatic heterocycles. The van der Waals surface area contributed by atoms with Gasteiger partial charge in [-0.1, -0.05) is 20.8 Å². The molecule has 1 fully saturated rings. The van der Waals surface area contributed by atoms with Crippen LogP contribution < -0.4 is 0 Å². The Morgan fingerprint density at radius 2 is 2.18 bits per heavy atom. The van der Waals surface area contributed by atoms with Gasteiger partial charge in [0.1, 0.15) is 6.29 Å². The number of ether oxygens (including phenoxy) is 1. The van der Waals surface area contributed by atoms with Crippen molar-refractivity contribution < 1.29 is 9.53 Å². The Hall–Kier alpha value is -0.370. The fourth-order valence-electron chi connectivity index (χ4n) is 1.71. The van der Waals surface area contributed by atoms with E-state index in [1.165, 1.54) is 0 Å². The monoisotopic (exact) mass is 156 g/mol. The lowest BCUT2D eigenvalue weighted by Gasteiger charge is -2.27. The summed E-state index contributed by atoms with van der Waals surface area (Å²) in [6.07, 6.45) is 2.21. The minimum Gasteiger partial charge on any atom is -0.377 e. The predicted octanol–water partition coefficient (Wildman–Crippen LogP) is 1.64. The van der Waals surface area contributed by atoms with Crippen LogP contribution in [0.25, 0.3) is 0 Å². The summed E-state index contributed by atoms with van der Waals surface area (Å²) in [4.78, 5) is 10.7. The van der Waals surface area contributed by atoms with E-state index in [4.69, 9.17) is 4.74 Å². The molecule has 0 aliphatic carbocycles. The molecule has 0 radical (unpaired) electrons. The first kappa shape index (κ1) is 8.72. The van der Waals surface area contributed by atoms with Crippen LogP contribution in [0.2, 0.25) is 0 Å². The molecule has 64 valence electrons. The van der Waals surface area contributed by atoms with E-state index < -0.39 is 0 Å².